The van der Waals surface area contributed by atoms with Gasteiger partial charge in [-0.1, -0.05) is 44.1 Å². The molecule has 0 aliphatic heterocycles. The fraction of sp³-hybridized carbons (Fsp3) is 0.500. The molecule has 0 radical (unpaired) electrons. The summed E-state index contributed by atoms with van der Waals surface area (Å²) >= 11 is 0. The van der Waals surface area contributed by atoms with E-state index in [9.17, 15) is 0 Å². The Labute approximate surface area is 97.3 Å². The summed E-state index contributed by atoms with van der Waals surface area (Å²) in [5.41, 5.74) is 5.36. The molecule has 0 spiro atoms. The molecule has 2 rings (SSSR count). The number of oxime groups is 1. The summed E-state index contributed by atoms with van der Waals surface area (Å²) in [5, 5.41) is 4.07. The normalized spacial score (nSPS) is 17.6. The molecule has 2 heteroatoms. The minimum atomic E-state index is 0.218. The van der Waals surface area contributed by atoms with Crippen LogP contribution in [0.5, 0.6) is 0 Å². The lowest BCUT2D eigenvalue weighted by Crippen LogP contribution is -2.11. The first-order valence-electron chi connectivity index (χ1n) is 5.76. The van der Waals surface area contributed by atoms with Crippen LogP contribution in [0, 0.1) is 0 Å². The van der Waals surface area contributed by atoms with Gasteiger partial charge in [-0.15, -0.1) is 0 Å². The van der Waals surface area contributed by atoms with E-state index < -0.39 is 0 Å². The first-order valence-corrected chi connectivity index (χ1v) is 5.76. The summed E-state index contributed by atoms with van der Waals surface area (Å²) < 4.78 is 0. The molecule has 0 bridgehead atoms. The molecule has 0 saturated carbocycles. The lowest BCUT2D eigenvalue weighted by atomic mass is 9.85. The van der Waals surface area contributed by atoms with E-state index in [1.54, 1.807) is 7.11 Å². The van der Waals surface area contributed by atoms with Gasteiger partial charge >= 0.3 is 0 Å². The molecular formula is C14H19NO. The molecule has 0 N–H and O–H groups in total. The number of benzene rings is 1. The van der Waals surface area contributed by atoms with Gasteiger partial charge in [0.25, 0.3) is 0 Å². The molecule has 0 unspecified atom stereocenters. The SMILES string of the molecule is CO/N=C1\CCc2cc(C(C)(C)C)ccc21. The van der Waals surface area contributed by atoms with E-state index in [4.69, 9.17) is 4.84 Å². The maximum atomic E-state index is 4.87. The van der Waals surface area contributed by atoms with E-state index in [0.29, 0.717) is 0 Å². The zero-order valence-electron chi connectivity index (χ0n) is 10.5. The second kappa shape index (κ2) is 3.93. The van der Waals surface area contributed by atoms with Gasteiger partial charge in [0, 0.05) is 5.56 Å². The van der Waals surface area contributed by atoms with Gasteiger partial charge in [0.05, 0.1) is 5.71 Å². The van der Waals surface area contributed by atoms with Crippen molar-refractivity contribution >= 4 is 5.71 Å². The molecule has 0 atom stereocenters. The standard InChI is InChI=1S/C14H19NO/c1-14(2,3)11-6-7-12-10(9-11)5-8-13(12)15-16-4/h6-7,9H,5,8H2,1-4H3/b15-13+. The summed E-state index contributed by atoms with van der Waals surface area (Å²) in [6.45, 7) is 6.73. The van der Waals surface area contributed by atoms with Gasteiger partial charge in [-0.2, -0.15) is 0 Å². The molecule has 0 heterocycles. The average Bonchev–Trinajstić information content (AvgIpc) is 2.60. The van der Waals surface area contributed by atoms with Gasteiger partial charge < -0.3 is 4.84 Å². The highest BCUT2D eigenvalue weighted by Gasteiger charge is 2.21. The Bertz CT molecular complexity index is 427. The molecule has 0 amide bonds. The summed E-state index contributed by atoms with van der Waals surface area (Å²) in [4.78, 5) is 4.87. The smallest absolute Gasteiger partial charge is 0.106 e. The van der Waals surface area contributed by atoms with Gasteiger partial charge in [-0.05, 0) is 29.4 Å². The second-order valence-corrected chi connectivity index (χ2v) is 5.34. The van der Waals surface area contributed by atoms with Crippen LogP contribution in [0.15, 0.2) is 23.4 Å². The van der Waals surface area contributed by atoms with Gasteiger partial charge in [-0.3, -0.25) is 0 Å². The van der Waals surface area contributed by atoms with Crippen LogP contribution in [-0.4, -0.2) is 12.8 Å². The molecular weight excluding hydrogens is 198 g/mol. The lowest BCUT2D eigenvalue weighted by molar-refractivity contribution is 0.213. The molecule has 2 nitrogen and oxygen atoms in total. The Morgan fingerprint density at radius 2 is 1.94 bits per heavy atom. The van der Waals surface area contributed by atoms with Crippen LogP contribution in [-0.2, 0) is 16.7 Å². The number of hydrogen-bond donors (Lipinski definition) is 0. The highest BCUT2D eigenvalue weighted by atomic mass is 16.6. The Balaban J connectivity index is 2.41. The predicted octanol–water partition coefficient (Wildman–Crippen LogP) is 3.28. The van der Waals surface area contributed by atoms with Gasteiger partial charge in [0.1, 0.15) is 7.11 Å². The number of aryl methyl sites for hydroxylation is 1. The zero-order valence-corrected chi connectivity index (χ0v) is 10.5. The zero-order chi connectivity index (χ0) is 11.8. The quantitative estimate of drug-likeness (QED) is 0.661. The molecule has 1 aliphatic rings. The third-order valence-corrected chi connectivity index (χ3v) is 3.11. The second-order valence-electron chi connectivity index (χ2n) is 5.34. The topological polar surface area (TPSA) is 21.6 Å². The molecule has 0 aromatic heterocycles. The minimum Gasteiger partial charge on any atom is -0.399 e. The maximum absolute atomic E-state index is 4.87. The maximum Gasteiger partial charge on any atom is 0.106 e. The average molecular weight is 217 g/mol. The van der Waals surface area contributed by atoms with Crippen LogP contribution < -0.4 is 0 Å². The van der Waals surface area contributed by atoms with Crippen molar-refractivity contribution in [1.82, 2.24) is 0 Å². The van der Waals surface area contributed by atoms with Crippen molar-refractivity contribution in [3.05, 3.63) is 34.9 Å². The Morgan fingerprint density at radius 3 is 2.56 bits per heavy atom. The van der Waals surface area contributed by atoms with Crippen molar-refractivity contribution in [2.45, 2.75) is 39.0 Å². The largest absolute Gasteiger partial charge is 0.399 e. The van der Waals surface area contributed by atoms with E-state index in [0.717, 1.165) is 18.6 Å². The lowest BCUT2D eigenvalue weighted by Gasteiger charge is -2.19. The number of nitrogens with zero attached hydrogens (tertiary/aromatic N) is 1. The Morgan fingerprint density at radius 1 is 1.19 bits per heavy atom. The first kappa shape index (κ1) is 11.2. The van der Waals surface area contributed by atoms with E-state index >= 15 is 0 Å². The van der Waals surface area contributed by atoms with Crippen molar-refractivity contribution in [3.63, 3.8) is 0 Å². The fourth-order valence-electron chi connectivity index (χ4n) is 2.14. The van der Waals surface area contributed by atoms with Gasteiger partial charge in [0.15, 0.2) is 0 Å². The molecule has 1 aromatic carbocycles. The number of rotatable bonds is 1. The summed E-state index contributed by atoms with van der Waals surface area (Å²) in [7, 11) is 1.61. The van der Waals surface area contributed by atoms with E-state index in [-0.39, 0.29) is 5.41 Å². The van der Waals surface area contributed by atoms with Crippen molar-refractivity contribution in [3.8, 4) is 0 Å². The van der Waals surface area contributed by atoms with Crippen molar-refractivity contribution < 1.29 is 4.84 Å². The summed E-state index contributed by atoms with van der Waals surface area (Å²) in [6.07, 6.45) is 2.08. The van der Waals surface area contributed by atoms with Gasteiger partial charge in [-0.25, -0.2) is 0 Å². The van der Waals surface area contributed by atoms with E-state index in [2.05, 4.69) is 44.1 Å². The molecule has 1 aromatic rings. The van der Waals surface area contributed by atoms with Crippen LogP contribution in [0.3, 0.4) is 0 Å². The summed E-state index contributed by atoms with van der Waals surface area (Å²) in [5.74, 6) is 0. The van der Waals surface area contributed by atoms with Crippen molar-refractivity contribution in [2.24, 2.45) is 5.16 Å². The highest BCUT2D eigenvalue weighted by molar-refractivity contribution is 6.04. The first-order chi connectivity index (χ1) is 7.52. The number of hydrogen-bond acceptors (Lipinski definition) is 2. The Kier molecular flexibility index (Phi) is 2.75. The van der Waals surface area contributed by atoms with Crippen LogP contribution in [0.1, 0.15) is 43.9 Å². The molecule has 0 saturated heterocycles. The van der Waals surface area contributed by atoms with Crippen LogP contribution in [0.4, 0.5) is 0 Å². The van der Waals surface area contributed by atoms with Crippen LogP contribution >= 0.6 is 0 Å². The van der Waals surface area contributed by atoms with E-state index in [1.807, 2.05) is 0 Å². The minimum absolute atomic E-state index is 0.218. The Hall–Kier alpha value is -1.31. The van der Waals surface area contributed by atoms with Crippen LogP contribution in [0.25, 0.3) is 0 Å². The van der Waals surface area contributed by atoms with E-state index in [1.165, 1.54) is 16.7 Å². The molecule has 86 valence electrons. The third kappa shape index (κ3) is 1.97. The monoisotopic (exact) mass is 217 g/mol. The highest BCUT2D eigenvalue weighted by Crippen LogP contribution is 2.29. The predicted molar refractivity (Wildman–Crippen MR) is 67.0 cm³/mol. The fourth-order valence-corrected chi connectivity index (χ4v) is 2.14. The van der Waals surface area contributed by atoms with Crippen molar-refractivity contribution in [2.75, 3.05) is 7.11 Å². The van der Waals surface area contributed by atoms with Crippen molar-refractivity contribution in [1.29, 1.82) is 0 Å². The van der Waals surface area contributed by atoms with Crippen LogP contribution in [0.2, 0.25) is 0 Å². The molecule has 1 aliphatic carbocycles. The molecule has 0 fully saturated rings. The third-order valence-electron chi connectivity index (χ3n) is 3.11. The van der Waals surface area contributed by atoms with Gasteiger partial charge in [0.2, 0.25) is 0 Å². The number of fused-ring (bicyclic) bond motifs is 1. The summed E-state index contributed by atoms with van der Waals surface area (Å²) in [6, 6.07) is 6.70. The molecule has 16 heavy (non-hydrogen) atoms.